The van der Waals surface area contributed by atoms with Crippen LogP contribution in [0, 0.1) is 0 Å². The highest BCUT2D eigenvalue weighted by atomic mass is 16.5. The van der Waals surface area contributed by atoms with Gasteiger partial charge >= 0.3 is 0 Å². The Morgan fingerprint density at radius 2 is 1.79 bits per heavy atom. The molecule has 4 aromatic rings. The van der Waals surface area contributed by atoms with E-state index in [0.29, 0.717) is 0 Å². The van der Waals surface area contributed by atoms with Gasteiger partial charge in [-0.3, -0.25) is 0 Å². The molecule has 1 N–H and O–H groups in total. The number of anilines is 2. The second kappa shape index (κ2) is 8.83. The second-order valence-electron chi connectivity index (χ2n) is 8.86. The number of rotatable bonds is 5. The Kier molecular flexibility index (Phi) is 5.40. The molecular weight excluding hydrogens is 408 g/mol. The summed E-state index contributed by atoms with van der Waals surface area (Å²) in [6, 6.07) is 23.4. The third-order valence-corrected chi connectivity index (χ3v) is 6.74. The van der Waals surface area contributed by atoms with Gasteiger partial charge in [-0.2, -0.15) is 4.98 Å². The molecule has 2 aliphatic rings. The largest absolute Gasteiger partial charge is 0.376 e. The summed E-state index contributed by atoms with van der Waals surface area (Å²) in [5, 5.41) is 7.22. The summed E-state index contributed by atoms with van der Waals surface area (Å²) in [5.74, 6) is 1.69. The topological polar surface area (TPSA) is 50.3 Å². The maximum atomic E-state index is 5.79. The van der Waals surface area contributed by atoms with Crippen LogP contribution < -0.4 is 10.2 Å². The molecule has 1 fully saturated rings. The Morgan fingerprint density at radius 3 is 2.64 bits per heavy atom. The molecule has 0 bridgehead atoms. The SMILES string of the molecule is C1=C(c2cccc3ccccc23)CCN(c2nc(NCC3CCCO3)c3ccccc3n2)C1. The molecule has 0 radical (unpaired) electrons. The molecular formula is C28H28N4O. The molecule has 166 valence electrons. The van der Waals surface area contributed by atoms with Gasteiger partial charge in [-0.1, -0.05) is 60.7 Å². The number of nitrogens with zero attached hydrogens (tertiary/aromatic N) is 3. The van der Waals surface area contributed by atoms with Crippen LogP contribution in [-0.2, 0) is 4.74 Å². The first-order valence-corrected chi connectivity index (χ1v) is 11.9. The van der Waals surface area contributed by atoms with Crippen molar-refractivity contribution < 1.29 is 4.74 Å². The lowest BCUT2D eigenvalue weighted by atomic mass is 9.94. The molecule has 1 aromatic heterocycles. The second-order valence-corrected chi connectivity index (χ2v) is 8.86. The average Bonchev–Trinajstić information content (AvgIpc) is 3.41. The lowest BCUT2D eigenvalue weighted by Gasteiger charge is -2.28. The Labute approximate surface area is 194 Å². The van der Waals surface area contributed by atoms with Crippen LogP contribution in [0.3, 0.4) is 0 Å². The van der Waals surface area contributed by atoms with Gasteiger partial charge in [0.25, 0.3) is 0 Å². The van der Waals surface area contributed by atoms with E-state index in [0.717, 1.165) is 68.2 Å². The smallest absolute Gasteiger partial charge is 0.228 e. The number of ether oxygens (including phenoxy) is 1. The lowest BCUT2D eigenvalue weighted by molar-refractivity contribution is 0.120. The van der Waals surface area contributed by atoms with E-state index in [1.54, 1.807) is 0 Å². The highest BCUT2D eigenvalue weighted by molar-refractivity contribution is 5.94. The minimum Gasteiger partial charge on any atom is -0.376 e. The van der Waals surface area contributed by atoms with Crippen LogP contribution in [-0.4, -0.2) is 42.3 Å². The molecule has 0 spiro atoms. The zero-order valence-electron chi connectivity index (χ0n) is 18.7. The summed E-state index contributed by atoms with van der Waals surface area (Å²) >= 11 is 0. The van der Waals surface area contributed by atoms with Crippen molar-refractivity contribution in [2.24, 2.45) is 0 Å². The van der Waals surface area contributed by atoms with Crippen molar-refractivity contribution in [3.8, 4) is 0 Å². The Morgan fingerprint density at radius 1 is 0.939 bits per heavy atom. The summed E-state index contributed by atoms with van der Waals surface area (Å²) in [6.45, 7) is 3.35. The van der Waals surface area contributed by atoms with Crippen molar-refractivity contribution >= 4 is 39.0 Å². The van der Waals surface area contributed by atoms with Crippen molar-refractivity contribution in [1.82, 2.24) is 9.97 Å². The molecule has 3 aromatic carbocycles. The summed E-state index contributed by atoms with van der Waals surface area (Å²) in [7, 11) is 0. The van der Waals surface area contributed by atoms with E-state index in [4.69, 9.17) is 14.7 Å². The number of nitrogens with one attached hydrogen (secondary N) is 1. The Bertz CT molecular complexity index is 1320. The number of para-hydroxylation sites is 1. The van der Waals surface area contributed by atoms with Crippen molar-refractivity contribution in [1.29, 1.82) is 0 Å². The molecule has 6 rings (SSSR count). The number of aromatic nitrogens is 2. The van der Waals surface area contributed by atoms with E-state index in [1.807, 2.05) is 12.1 Å². The number of benzene rings is 3. The number of hydrogen-bond acceptors (Lipinski definition) is 5. The van der Waals surface area contributed by atoms with E-state index in [9.17, 15) is 0 Å². The van der Waals surface area contributed by atoms with E-state index in [1.165, 1.54) is 21.9 Å². The summed E-state index contributed by atoms with van der Waals surface area (Å²) < 4.78 is 5.79. The van der Waals surface area contributed by atoms with Gasteiger partial charge in [-0.05, 0) is 53.3 Å². The van der Waals surface area contributed by atoms with Gasteiger partial charge in [-0.15, -0.1) is 0 Å². The Hall–Kier alpha value is -3.44. The number of fused-ring (bicyclic) bond motifs is 2. The minimum absolute atomic E-state index is 0.267. The van der Waals surface area contributed by atoms with Gasteiger partial charge in [0, 0.05) is 31.6 Å². The normalized spacial score (nSPS) is 18.6. The van der Waals surface area contributed by atoms with Gasteiger partial charge in [0.1, 0.15) is 5.82 Å². The van der Waals surface area contributed by atoms with Gasteiger partial charge in [0.2, 0.25) is 5.95 Å². The van der Waals surface area contributed by atoms with Crippen LogP contribution in [0.5, 0.6) is 0 Å². The van der Waals surface area contributed by atoms with E-state index in [-0.39, 0.29) is 6.10 Å². The monoisotopic (exact) mass is 436 g/mol. The van der Waals surface area contributed by atoms with Crippen LogP contribution in [0.2, 0.25) is 0 Å². The standard InChI is InChI=1S/C28H28N4O/c1-2-10-23-20(7-1)8-5-12-24(23)21-14-16-32(17-15-21)28-30-26-13-4-3-11-25(26)27(31-28)29-19-22-9-6-18-33-22/h1-5,7-8,10-14,22H,6,9,15-19H2,(H,29,30,31). The molecule has 1 atom stereocenters. The highest BCUT2D eigenvalue weighted by Gasteiger charge is 2.20. The highest BCUT2D eigenvalue weighted by Crippen LogP contribution is 2.31. The molecule has 0 aliphatic carbocycles. The molecule has 3 heterocycles. The predicted octanol–water partition coefficient (Wildman–Crippen LogP) is 5.67. The third kappa shape index (κ3) is 4.05. The summed E-state index contributed by atoms with van der Waals surface area (Å²) in [5.41, 5.74) is 3.72. The first-order chi connectivity index (χ1) is 16.3. The van der Waals surface area contributed by atoms with Gasteiger partial charge in [0.05, 0.1) is 11.6 Å². The fourth-order valence-corrected chi connectivity index (χ4v) is 4.96. The first kappa shape index (κ1) is 20.2. The van der Waals surface area contributed by atoms with Gasteiger partial charge in [0.15, 0.2) is 0 Å². The lowest BCUT2D eigenvalue weighted by Crippen LogP contribution is -2.30. The molecule has 33 heavy (non-hydrogen) atoms. The van der Waals surface area contributed by atoms with Crippen molar-refractivity contribution in [2.45, 2.75) is 25.4 Å². The summed E-state index contributed by atoms with van der Waals surface area (Å²) in [4.78, 5) is 12.1. The fraction of sp³-hybridized carbons (Fsp3) is 0.286. The van der Waals surface area contributed by atoms with E-state index < -0.39 is 0 Å². The van der Waals surface area contributed by atoms with Gasteiger partial charge in [-0.25, -0.2) is 4.98 Å². The molecule has 0 saturated carbocycles. The molecule has 0 amide bonds. The average molecular weight is 437 g/mol. The van der Waals surface area contributed by atoms with Crippen LogP contribution in [0.15, 0.2) is 72.8 Å². The van der Waals surface area contributed by atoms with Crippen LogP contribution in [0.4, 0.5) is 11.8 Å². The molecule has 1 saturated heterocycles. The van der Waals surface area contributed by atoms with Crippen LogP contribution >= 0.6 is 0 Å². The first-order valence-electron chi connectivity index (χ1n) is 11.9. The minimum atomic E-state index is 0.267. The van der Waals surface area contributed by atoms with Crippen LogP contribution in [0.25, 0.3) is 27.2 Å². The summed E-state index contributed by atoms with van der Waals surface area (Å²) in [6.07, 6.45) is 5.83. The third-order valence-electron chi connectivity index (χ3n) is 6.74. The fourth-order valence-electron chi connectivity index (χ4n) is 4.96. The van der Waals surface area contributed by atoms with Crippen molar-refractivity contribution in [3.05, 3.63) is 78.4 Å². The predicted molar refractivity (Wildman–Crippen MR) is 136 cm³/mol. The van der Waals surface area contributed by atoms with Crippen molar-refractivity contribution in [3.63, 3.8) is 0 Å². The number of hydrogen-bond donors (Lipinski definition) is 1. The molecule has 5 nitrogen and oxygen atoms in total. The molecule has 1 unspecified atom stereocenters. The zero-order chi connectivity index (χ0) is 22.0. The Balaban J connectivity index is 1.28. The van der Waals surface area contributed by atoms with E-state index in [2.05, 4.69) is 70.9 Å². The quantitative estimate of drug-likeness (QED) is 0.437. The van der Waals surface area contributed by atoms with Crippen LogP contribution in [0.1, 0.15) is 24.8 Å². The van der Waals surface area contributed by atoms with E-state index >= 15 is 0 Å². The van der Waals surface area contributed by atoms with Crippen molar-refractivity contribution in [2.75, 3.05) is 36.5 Å². The molecule has 5 heteroatoms. The zero-order valence-corrected chi connectivity index (χ0v) is 18.7. The molecule has 2 aliphatic heterocycles. The maximum absolute atomic E-state index is 5.79. The van der Waals surface area contributed by atoms with Gasteiger partial charge < -0.3 is 15.0 Å². The maximum Gasteiger partial charge on any atom is 0.228 e.